The van der Waals surface area contributed by atoms with Gasteiger partial charge in [0, 0.05) is 22.4 Å². The van der Waals surface area contributed by atoms with E-state index in [0.717, 1.165) is 28.7 Å². The van der Waals surface area contributed by atoms with Crippen LogP contribution in [0, 0.1) is 0 Å². The summed E-state index contributed by atoms with van der Waals surface area (Å²) in [6.07, 6.45) is 0.904. The molecule has 1 heteroatoms. The second-order valence-electron chi connectivity index (χ2n) is 15.6. The Morgan fingerprint density at radius 1 is 0.414 bits per heavy atom. The first-order chi connectivity index (χ1) is 28.7. The second-order valence-corrected chi connectivity index (χ2v) is 15.6. The van der Waals surface area contributed by atoms with Crippen molar-refractivity contribution >= 4 is 21.7 Å². The minimum atomic E-state index is -0.519. The van der Waals surface area contributed by atoms with Gasteiger partial charge in [-0.25, -0.2) is 0 Å². The lowest BCUT2D eigenvalue weighted by molar-refractivity contribution is 0.628. The van der Waals surface area contributed by atoms with Gasteiger partial charge in [0.25, 0.3) is 0 Å². The molecule has 9 aromatic carbocycles. The number of hydrogen-bond donors (Lipinski definition) is 0. The number of furan rings is 1. The molecule has 0 saturated carbocycles. The quantitative estimate of drug-likeness (QED) is 0.151. The van der Waals surface area contributed by atoms with Crippen molar-refractivity contribution in [2.24, 2.45) is 0 Å². The predicted octanol–water partition coefficient (Wildman–Crippen LogP) is 14.7. The molecule has 1 aliphatic carbocycles. The first-order valence-corrected chi connectivity index (χ1v) is 20.3. The Morgan fingerprint density at radius 3 is 1.69 bits per heavy atom. The van der Waals surface area contributed by atoms with Crippen LogP contribution in [0.15, 0.2) is 229 Å². The Balaban J connectivity index is 1.01. The van der Waals surface area contributed by atoms with Crippen LogP contribution in [-0.2, 0) is 11.8 Å². The average Bonchev–Trinajstić information content (AvgIpc) is 3.83. The van der Waals surface area contributed by atoms with Gasteiger partial charge in [-0.1, -0.05) is 212 Å². The van der Waals surface area contributed by atoms with Crippen molar-refractivity contribution in [3.63, 3.8) is 0 Å². The summed E-state index contributed by atoms with van der Waals surface area (Å²) in [6.45, 7) is 0. The van der Waals surface area contributed by atoms with E-state index in [1.54, 1.807) is 0 Å². The molecule has 0 N–H and O–H groups in total. The molecule has 0 saturated heterocycles. The van der Waals surface area contributed by atoms with Gasteiger partial charge in [0.15, 0.2) is 0 Å². The van der Waals surface area contributed by atoms with Crippen molar-refractivity contribution < 1.29 is 4.42 Å². The van der Waals surface area contributed by atoms with Crippen LogP contribution in [0.25, 0.3) is 55.3 Å². The van der Waals surface area contributed by atoms with Gasteiger partial charge in [0.1, 0.15) is 11.3 Å². The molecule has 1 heterocycles. The first kappa shape index (κ1) is 34.1. The smallest absolute Gasteiger partial charge is 0.140 e. The summed E-state index contributed by atoms with van der Waals surface area (Å²) in [6, 6.07) is 82.1. The van der Waals surface area contributed by atoms with Crippen LogP contribution < -0.4 is 0 Å². The molecular weight excluding hydrogens is 701 g/mol. The minimum absolute atomic E-state index is 0.191. The van der Waals surface area contributed by atoms with Crippen molar-refractivity contribution in [1.29, 1.82) is 0 Å². The van der Waals surface area contributed by atoms with Gasteiger partial charge in [-0.3, -0.25) is 0 Å². The molecule has 0 fully saturated rings. The Bertz CT molecular complexity index is 3010. The molecule has 0 bridgehead atoms. The molecule has 1 aromatic heterocycles. The summed E-state index contributed by atoms with van der Waals surface area (Å²) in [5, 5.41) is 3.69. The highest BCUT2D eigenvalue weighted by Gasteiger charge is 2.49. The van der Waals surface area contributed by atoms with Gasteiger partial charge in [-0.05, 0) is 85.0 Å². The number of benzene rings is 9. The topological polar surface area (TPSA) is 13.1 Å². The van der Waals surface area contributed by atoms with E-state index < -0.39 is 5.41 Å². The second kappa shape index (κ2) is 14.1. The molecule has 1 aliphatic rings. The van der Waals surface area contributed by atoms with Crippen LogP contribution in [0.4, 0.5) is 0 Å². The fraction of sp³-hybridized carbons (Fsp3) is 0.0526. The highest BCUT2D eigenvalue weighted by atomic mass is 16.3. The number of para-hydroxylation sites is 1. The summed E-state index contributed by atoms with van der Waals surface area (Å²) in [5.74, 6) is 1.15. The molecule has 0 aliphatic heterocycles. The lowest BCUT2D eigenvalue weighted by Gasteiger charge is -2.33. The van der Waals surface area contributed by atoms with Crippen LogP contribution in [0.2, 0.25) is 0 Å². The summed E-state index contributed by atoms with van der Waals surface area (Å²) >= 11 is 0. The van der Waals surface area contributed by atoms with Crippen LogP contribution >= 0.6 is 0 Å². The standard InChI is InChI=1S/C57H40O/c1-4-14-40(15-5-1)42-26-24-39(25-27-42)36-51(47-33-30-41-16-10-11-17-45(41)37-47)44-31-28-43(29-32-44)46-34-35-53-52(38-46)56-55(50-22-12-13-23-54(50)58-56)57(53,48-18-6-2-7-19-48)49-20-8-3-9-21-49/h1-35,37-38,51H,36H2. The van der Waals surface area contributed by atoms with Gasteiger partial charge in [0.2, 0.25) is 0 Å². The van der Waals surface area contributed by atoms with E-state index in [1.807, 2.05) is 0 Å². The van der Waals surface area contributed by atoms with E-state index in [9.17, 15) is 0 Å². The summed E-state index contributed by atoms with van der Waals surface area (Å²) < 4.78 is 6.85. The van der Waals surface area contributed by atoms with E-state index in [-0.39, 0.29) is 5.92 Å². The fourth-order valence-corrected chi connectivity index (χ4v) is 9.58. The monoisotopic (exact) mass is 740 g/mol. The van der Waals surface area contributed by atoms with Crippen LogP contribution in [0.1, 0.15) is 44.9 Å². The molecule has 0 amide bonds. The lowest BCUT2D eigenvalue weighted by atomic mass is 9.67. The van der Waals surface area contributed by atoms with Crippen molar-refractivity contribution in [3.8, 4) is 33.6 Å². The van der Waals surface area contributed by atoms with E-state index >= 15 is 0 Å². The highest BCUT2D eigenvalue weighted by molar-refractivity contribution is 5.98. The molecule has 1 unspecified atom stereocenters. The third-order valence-electron chi connectivity index (χ3n) is 12.4. The maximum absolute atomic E-state index is 6.85. The first-order valence-electron chi connectivity index (χ1n) is 20.3. The third-order valence-corrected chi connectivity index (χ3v) is 12.4. The number of rotatable bonds is 8. The Labute approximate surface area is 339 Å². The van der Waals surface area contributed by atoms with Crippen molar-refractivity contribution in [2.75, 3.05) is 0 Å². The zero-order chi connectivity index (χ0) is 38.5. The SMILES string of the molecule is c1ccc(-c2ccc(CC(c3ccc(-c4ccc5c(c4)-c4oc6ccccc6c4C5(c4ccccc4)c4ccccc4)cc3)c3ccc4ccccc4c3)cc2)cc1. The summed E-state index contributed by atoms with van der Waals surface area (Å²) in [4.78, 5) is 0. The summed E-state index contributed by atoms with van der Waals surface area (Å²) in [7, 11) is 0. The molecule has 1 nitrogen and oxygen atoms in total. The van der Waals surface area contributed by atoms with Gasteiger partial charge < -0.3 is 4.42 Å². The molecule has 58 heavy (non-hydrogen) atoms. The van der Waals surface area contributed by atoms with Crippen LogP contribution in [-0.4, -0.2) is 0 Å². The number of hydrogen-bond acceptors (Lipinski definition) is 1. The van der Waals surface area contributed by atoms with Gasteiger partial charge in [0.05, 0.1) is 5.41 Å². The lowest BCUT2D eigenvalue weighted by Crippen LogP contribution is -2.28. The summed E-state index contributed by atoms with van der Waals surface area (Å²) in [5.41, 5.74) is 15.3. The molecule has 11 rings (SSSR count). The van der Waals surface area contributed by atoms with Crippen LogP contribution in [0.5, 0.6) is 0 Å². The maximum atomic E-state index is 6.85. The molecule has 0 radical (unpaired) electrons. The average molecular weight is 741 g/mol. The van der Waals surface area contributed by atoms with Crippen LogP contribution in [0.3, 0.4) is 0 Å². The Kier molecular flexibility index (Phi) is 8.26. The Morgan fingerprint density at radius 2 is 0.966 bits per heavy atom. The van der Waals surface area contributed by atoms with E-state index in [0.29, 0.717) is 0 Å². The van der Waals surface area contributed by atoms with Crippen molar-refractivity contribution in [3.05, 3.63) is 263 Å². The van der Waals surface area contributed by atoms with Crippen molar-refractivity contribution in [1.82, 2.24) is 0 Å². The molecule has 10 aromatic rings. The molecular formula is C57H40O. The third kappa shape index (κ3) is 5.62. The maximum Gasteiger partial charge on any atom is 0.140 e. The number of fused-ring (bicyclic) bond motifs is 6. The molecule has 0 spiro atoms. The highest BCUT2D eigenvalue weighted by Crippen LogP contribution is 2.59. The van der Waals surface area contributed by atoms with E-state index in [4.69, 9.17) is 4.42 Å². The fourth-order valence-electron chi connectivity index (χ4n) is 9.58. The van der Waals surface area contributed by atoms with E-state index in [1.165, 1.54) is 72.0 Å². The molecule has 1 atom stereocenters. The largest absolute Gasteiger partial charge is 0.456 e. The molecule has 274 valence electrons. The minimum Gasteiger partial charge on any atom is -0.456 e. The van der Waals surface area contributed by atoms with Gasteiger partial charge in [-0.15, -0.1) is 0 Å². The zero-order valence-electron chi connectivity index (χ0n) is 32.1. The normalized spacial score (nSPS) is 13.3. The van der Waals surface area contributed by atoms with Gasteiger partial charge in [-0.2, -0.15) is 0 Å². The predicted molar refractivity (Wildman–Crippen MR) is 240 cm³/mol. The Hall–Kier alpha value is -7.22. The zero-order valence-corrected chi connectivity index (χ0v) is 32.1. The van der Waals surface area contributed by atoms with Crippen molar-refractivity contribution in [2.45, 2.75) is 17.8 Å². The van der Waals surface area contributed by atoms with Gasteiger partial charge >= 0.3 is 0 Å². The van der Waals surface area contributed by atoms with E-state index in [2.05, 4.69) is 224 Å².